The van der Waals surface area contributed by atoms with Crippen molar-refractivity contribution < 1.29 is 9.59 Å². The second-order valence-corrected chi connectivity index (χ2v) is 5.72. The van der Waals surface area contributed by atoms with Gasteiger partial charge in [-0.3, -0.25) is 9.59 Å². The van der Waals surface area contributed by atoms with Crippen molar-refractivity contribution in [2.45, 2.75) is 26.2 Å². The summed E-state index contributed by atoms with van der Waals surface area (Å²) >= 11 is 0. The third-order valence-electron chi connectivity index (χ3n) is 4.13. The molecule has 0 bridgehead atoms. The van der Waals surface area contributed by atoms with Crippen LogP contribution in [0.3, 0.4) is 0 Å². The molecule has 22 heavy (non-hydrogen) atoms. The maximum Gasteiger partial charge on any atom is 0.253 e. The molecule has 1 unspecified atom stereocenters. The minimum absolute atomic E-state index is 0.00396. The first kappa shape index (κ1) is 16.5. The molecule has 1 heterocycles. The van der Waals surface area contributed by atoms with Gasteiger partial charge in [0, 0.05) is 31.7 Å². The molecule has 1 atom stereocenters. The smallest absolute Gasteiger partial charge is 0.253 e. The number of carbonyl (C=O) groups is 2. The van der Waals surface area contributed by atoms with Crippen LogP contribution < -0.4 is 11.1 Å². The van der Waals surface area contributed by atoms with E-state index in [4.69, 9.17) is 5.73 Å². The summed E-state index contributed by atoms with van der Waals surface area (Å²) in [6.07, 6.45) is 2.65. The van der Waals surface area contributed by atoms with Gasteiger partial charge in [0.1, 0.15) is 0 Å². The summed E-state index contributed by atoms with van der Waals surface area (Å²) in [7, 11) is 0. The van der Waals surface area contributed by atoms with Crippen LogP contribution in [0.15, 0.2) is 24.3 Å². The fourth-order valence-electron chi connectivity index (χ4n) is 2.78. The lowest BCUT2D eigenvalue weighted by molar-refractivity contribution is -0.126. The molecule has 5 nitrogen and oxygen atoms in total. The van der Waals surface area contributed by atoms with E-state index in [2.05, 4.69) is 12.2 Å². The van der Waals surface area contributed by atoms with E-state index >= 15 is 0 Å². The molecule has 1 saturated heterocycles. The molecule has 1 aromatic carbocycles. The molecule has 1 aliphatic rings. The Balaban J connectivity index is 1.98. The summed E-state index contributed by atoms with van der Waals surface area (Å²) in [4.78, 5) is 26.4. The van der Waals surface area contributed by atoms with Gasteiger partial charge in [0.2, 0.25) is 5.91 Å². The molecule has 2 rings (SSSR count). The number of nitrogens with zero attached hydrogens (tertiary/aromatic N) is 1. The van der Waals surface area contributed by atoms with E-state index in [1.165, 1.54) is 5.56 Å². The molecule has 0 saturated carbocycles. The van der Waals surface area contributed by atoms with Crippen LogP contribution in [0.1, 0.15) is 35.7 Å². The van der Waals surface area contributed by atoms with Crippen LogP contribution >= 0.6 is 0 Å². The highest BCUT2D eigenvalue weighted by atomic mass is 16.2. The fraction of sp³-hybridized carbons (Fsp3) is 0.529. The number of piperidine rings is 1. The Morgan fingerprint density at radius 3 is 2.68 bits per heavy atom. The van der Waals surface area contributed by atoms with Gasteiger partial charge in [-0.15, -0.1) is 0 Å². The van der Waals surface area contributed by atoms with E-state index in [0.717, 1.165) is 25.8 Å². The van der Waals surface area contributed by atoms with Gasteiger partial charge in [-0.2, -0.15) is 0 Å². The van der Waals surface area contributed by atoms with Crippen LogP contribution in [-0.2, 0) is 11.2 Å². The largest absolute Gasteiger partial charge is 0.355 e. The Kier molecular flexibility index (Phi) is 5.95. The number of nitrogens with two attached hydrogens (primary N) is 1. The van der Waals surface area contributed by atoms with Crippen LogP contribution in [0.25, 0.3) is 0 Å². The Labute approximate surface area is 131 Å². The first-order valence-electron chi connectivity index (χ1n) is 8.01. The minimum atomic E-state index is -0.126. The third kappa shape index (κ3) is 4.07. The van der Waals surface area contributed by atoms with Crippen molar-refractivity contribution in [2.24, 2.45) is 11.7 Å². The number of hydrogen-bond acceptors (Lipinski definition) is 3. The van der Waals surface area contributed by atoms with E-state index < -0.39 is 0 Å². The summed E-state index contributed by atoms with van der Waals surface area (Å²) in [5.41, 5.74) is 7.31. The number of aryl methyl sites for hydroxylation is 1. The first-order valence-corrected chi connectivity index (χ1v) is 8.01. The number of nitrogens with one attached hydrogen (secondary N) is 1. The maximum absolute atomic E-state index is 12.6. The van der Waals surface area contributed by atoms with Crippen molar-refractivity contribution in [3.05, 3.63) is 35.4 Å². The lowest BCUT2D eigenvalue weighted by Crippen LogP contribution is -2.46. The Hall–Kier alpha value is -1.88. The molecular formula is C17H25N3O2. The zero-order valence-corrected chi connectivity index (χ0v) is 13.2. The van der Waals surface area contributed by atoms with Gasteiger partial charge in [-0.25, -0.2) is 0 Å². The van der Waals surface area contributed by atoms with Crippen LogP contribution in [0, 0.1) is 5.92 Å². The molecule has 1 fully saturated rings. The predicted molar refractivity (Wildman–Crippen MR) is 86.5 cm³/mol. The van der Waals surface area contributed by atoms with Gasteiger partial charge >= 0.3 is 0 Å². The summed E-state index contributed by atoms with van der Waals surface area (Å²) in [6.45, 7) is 4.22. The second kappa shape index (κ2) is 7.94. The molecule has 1 aliphatic heterocycles. The zero-order chi connectivity index (χ0) is 15.9. The van der Waals surface area contributed by atoms with Crippen molar-refractivity contribution >= 4 is 11.8 Å². The third-order valence-corrected chi connectivity index (χ3v) is 4.13. The molecule has 5 heteroatoms. The molecule has 1 aromatic rings. The lowest BCUT2D eigenvalue weighted by atomic mass is 9.96. The van der Waals surface area contributed by atoms with Gasteiger partial charge < -0.3 is 16.0 Å². The second-order valence-electron chi connectivity index (χ2n) is 5.72. The van der Waals surface area contributed by atoms with E-state index in [1.54, 1.807) is 4.90 Å². The van der Waals surface area contributed by atoms with Crippen molar-refractivity contribution in [1.29, 1.82) is 0 Å². The van der Waals surface area contributed by atoms with Gasteiger partial charge in [0.25, 0.3) is 5.91 Å². The average Bonchev–Trinajstić information content (AvgIpc) is 2.59. The average molecular weight is 303 g/mol. The highest BCUT2D eigenvalue weighted by Crippen LogP contribution is 2.19. The monoisotopic (exact) mass is 303 g/mol. The quantitative estimate of drug-likeness (QED) is 0.857. The van der Waals surface area contributed by atoms with Gasteiger partial charge in [-0.05, 0) is 37.0 Å². The topological polar surface area (TPSA) is 75.4 Å². The maximum atomic E-state index is 12.6. The van der Waals surface area contributed by atoms with Gasteiger partial charge in [0.15, 0.2) is 0 Å². The van der Waals surface area contributed by atoms with Gasteiger partial charge in [0.05, 0.1) is 5.92 Å². The molecule has 2 amide bonds. The lowest BCUT2D eigenvalue weighted by Gasteiger charge is -2.32. The number of likely N-dealkylation sites (tertiary alicyclic amines) is 1. The van der Waals surface area contributed by atoms with Crippen molar-refractivity contribution in [2.75, 3.05) is 26.2 Å². The predicted octanol–water partition coefficient (Wildman–Crippen LogP) is 1.18. The zero-order valence-electron chi connectivity index (χ0n) is 13.2. The number of rotatable bonds is 5. The van der Waals surface area contributed by atoms with Crippen LogP contribution in [-0.4, -0.2) is 42.9 Å². The Morgan fingerprint density at radius 2 is 2.05 bits per heavy atom. The van der Waals surface area contributed by atoms with Crippen LogP contribution in [0.5, 0.6) is 0 Å². The highest BCUT2D eigenvalue weighted by molar-refractivity contribution is 5.94. The summed E-state index contributed by atoms with van der Waals surface area (Å²) in [6, 6.07) is 7.73. The fourth-order valence-corrected chi connectivity index (χ4v) is 2.78. The highest BCUT2D eigenvalue weighted by Gasteiger charge is 2.28. The SMILES string of the molecule is CCc1ccc(C(=O)N2CCCC(C(=O)NCCN)C2)cc1. The van der Waals surface area contributed by atoms with Crippen molar-refractivity contribution in [3.63, 3.8) is 0 Å². The standard InChI is InChI=1S/C17H25N3O2/c1-2-13-5-7-14(8-6-13)17(22)20-11-3-4-15(12-20)16(21)19-10-9-18/h5-8,15H,2-4,9-12,18H2,1H3,(H,19,21). The Bertz CT molecular complexity index is 513. The number of hydrogen-bond donors (Lipinski definition) is 2. The minimum Gasteiger partial charge on any atom is -0.355 e. The first-order chi connectivity index (χ1) is 10.7. The molecule has 0 radical (unpaired) electrons. The summed E-state index contributed by atoms with van der Waals surface area (Å²) in [5.74, 6) is -0.109. The van der Waals surface area contributed by atoms with E-state index in [9.17, 15) is 9.59 Å². The van der Waals surface area contributed by atoms with Gasteiger partial charge in [-0.1, -0.05) is 19.1 Å². The molecule has 0 aromatic heterocycles. The Morgan fingerprint density at radius 1 is 1.32 bits per heavy atom. The van der Waals surface area contributed by atoms with E-state index in [0.29, 0.717) is 25.2 Å². The number of amides is 2. The summed E-state index contributed by atoms with van der Waals surface area (Å²) < 4.78 is 0. The normalized spacial score (nSPS) is 18.1. The summed E-state index contributed by atoms with van der Waals surface area (Å²) in [5, 5.41) is 2.81. The van der Waals surface area contributed by atoms with Crippen molar-refractivity contribution in [1.82, 2.24) is 10.2 Å². The van der Waals surface area contributed by atoms with Crippen LogP contribution in [0.2, 0.25) is 0 Å². The molecule has 3 N–H and O–H groups in total. The van der Waals surface area contributed by atoms with Crippen molar-refractivity contribution in [3.8, 4) is 0 Å². The molecular weight excluding hydrogens is 278 g/mol. The molecule has 0 aliphatic carbocycles. The molecule has 0 spiro atoms. The number of carbonyl (C=O) groups excluding carboxylic acids is 2. The number of benzene rings is 1. The van der Waals surface area contributed by atoms with Crippen LogP contribution in [0.4, 0.5) is 0 Å². The molecule has 120 valence electrons. The van der Waals surface area contributed by atoms with E-state index in [1.807, 2.05) is 24.3 Å². The van der Waals surface area contributed by atoms with E-state index in [-0.39, 0.29) is 17.7 Å².